The molecule has 1 N–H and O–H groups in total. The molecule has 0 aliphatic carbocycles. The molecule has 0 aliphatic rings. The summed E-state index contributed by atoms with van der Waals surface area (Å²) in [6, 6.07) is 2.35. The Morgan fingerprint density at radius 3 is 2.38 bits per heavy atom. The van der Waals surface area contributed by atoms with E-state index < -0.39 is 33.9 Å². The van der Waals surface area contributed by atoms with Crippen LogP contribution in [-0.4, -0.2) is 11.1 Å². The van der Waals surface area contributed by atoms with Gasteiger partial charge in [0.1, 0.15) is 6.07 Å². The molecule has 0 bridgehead atoms. The summed E-state index contributed by atoms with van der Waals surface area (Å²) in [6.07, 6.45) is -4.71. The average Bonchev–Trinajstić information content (AvgIpc) is 2.14. The number of rotatable bonds is 1. The second kappa shape index (κ2) is 4.02. The number of carboxylic acid groups (broad SMARTS) is 1. The maximum Gasteiger partial charge on any atom is 0.416 e. The second-order valence-electron chi connectivity index (χ2n) is 2.80. The maximum atomic E-state index is 12.3. The quantitative estimate of drug-likeness (QED) is 0.832. The first-order valence-corrected chi connectivity index (χ1v) is 4.19. The first-order chi connectivity index (χ1) is 7.27. The third-order valence-corrected chi connectivity index (χ3v) is 2.06. The number of carbonyl (C=O) groups is 1. The molecule has 0 spiro atoms. The van der Waals surface area contributed by atoms with Gasteiger partial charge >= 0.3 is 12.1 Å². The van der Waals surface area contributed by atoms with Crippen molar-refractivity contribution in [3.05, 3.63) is 33.8 Å². The van der Waals surface area contributed by atoms with Gasteiger partial charge in [-0.15, -0.1) is 0 Å². The zero-order chi connectivity index (χ0) is 12.5. The van der Waals surface area contributed by atoms with Crippen molar-refractivity contribution in [2.24, 2.45) is 0 Å². The molecule has 0 amide bonds. The fraction of sp³-hybridized carbons (Fsp3) is 0.111. The molecule has 0 aliphatic heterocycles. The Hall–Kier alpha value is -1.74. The largest absolute Gasteiger partial charge is 0.478 e. The summed E-state index contributed by atoms with van der Waals surface area (Å²) in [7, 11) is 0. The normalized spacial score (nSPS) is 10.9. The highest BCUT2D eigenvalue weighted by atomic mass is 35.5. The molecule has 0 atom stereocenters. The van der Waals surface area contributed by atoms with Crippen molar-refractivity contribution < 1.29 is 23.1 Å². The van der Waals surface area contributed by atoms with Gasteiger partial charge in [0.15, 0.2) is 0 Å². The summed E-state index contributed by atoms with van der Waals surface area (Å²) in [6.45, 7) is 0. The molecule has 1 aromatic rings. The summed E-state index contributed by atoms with van der Waals surface area (Å²) < 4.78 is 36.9. The average molecular weight is 250 g/mol. The van der Waals surface area contributed by atoms with Crippen molar-refractivity contribution in [1.29, 1.82) is 5.26 Å². The van der Waals surface area contributed by atoms with Crippen LogP contribution < -0.4 is 0 Å². The van der Waals surface area contributed by atoms with E-state index in [-0.39, 0.29) is 0 Å². The van der Waals surface area contributed by atoms with Crippen molar-refractivity contribution >= 4 is 17.6 Å². The van der Waals surface area contributed by atoms with Crippen LogP contribution in [0.5, 0.6) is 0 Å². The zero-order valence-electron chi connectivity index (χ0n) is 7.47. The molecular weight excluding hydrogens is 247 g/mol. The number of carboxylic acids is 1. The van der Waals surface area contributed by atoms with Crippen LogP contribution in [0, 0.1) is 11.3 Å². The monoisotopic (exact) mass is 249 g/mol. The van der Waals surface area contributed by atoms with Crippen molar-refractivity contribution in [3.8, 4) is 6.07 Å². The van der Waals surface area contributed by atoms with Crippen LogP contribution in [0.2, 0.25) is 5.02 Å². The zero-order valence-corrected chi connectivity index (χ0v) is 8.23. The predicted octanol–water partition coefficient (Wildman–Crippen LogP) is 2.93. The minimum Gasteiger partial charge on any atom is -0.478 e. The number of aromatic carboxylic acids is 1. The van der Waals surface area contributed by atoms with Gasteiger partial charge in [0, 0.05) is 0 Å². The fourth-order valence-corrected chi connectivity index (χ4v) is 1.31. The van der Waals surface area contributed by atoms with Crippen LogP contribution in [0.1, 0.15) is 21.5 Å². The van der Waals surface area contributed by atoms with E-state index in [1.54, 1.807) is 0 Å². The van der Waals surface area contributed by atoms with E-state index in [0.29, 0.717) is 12.1 Å². The lowest BCUT2D eigenvalue weighted by Gasteiger charge is -2.09. The van der Waals surface area contributed by atoms with Gasteiger partial charge in [-0.2, -0.15) is 18.4 Å². The van der Waals surface area contributed by atoms with Crippen LogP contribution in [-0.2, 0) is 6.18 Å². The van der Waals surface area contributed by atoms with E-state index in [4.69, 9.17) is 22.0 Å². The Balaban J connectivity index is 3.54. The number of hydrogen-bond donors (Lipinski definition) is 1. The molecule has 0 heterocycles. The van der Waals surface area contributed by atoms with E-state index in [9.17, 15) is 18.0 Å². The highest BCUT2D eigenvalue weighted by Crippen LogP contribution is 2.33. The lowest BCUT2D eigenvalue weighted by molar-refractivity contribution is -0.137. The van der Waals surface area contributed by atoms with Crippen LogP contribution in [0.4, 0.5) is 13.2 Å². The SMILES string of the molecule is N#Cc1c(Cl)cc(C(F)(F)F)cc1C(=O)O. The van der Waals surface area contributed by atoms with E-state index in [0.717, 1.165) is 0 Å². The predicted molar refractivity (Wildman–Crippen MR) is 48.1 cm³/mol. The van der Waals surface area contributed by atoms with Gasteiger partial charge in [0.25, 0.3) is 0 Å². The maximum absolute atomic E-state index is 12.3. The number of alkyl halides is 3. The number of halogens is 4. The van der Waals surface area contributed by atoms with Gasteiger partial charge in [-0.05, 0) is 12.1 Å². The fourth-order valence-electron chi connectivity index (χ4n) is 1.05. The molecule has 0 aromatic heterocycles. The molecular formula is C9H3ClF3NO2. The molecule has 0 fully saturated rings. The molecule has 0 saturated heterocycles. The van der Waals surface area contributed by atoms with Crippen molar-refractivity contribution in [2.75, 3.05) is 0 Å². The van der Waals surface area contributed by atoms with Crippen LogP contribution in [0.25, 0.3) is 0 Å². The lowest BCUT2D eigenvalue weighted by atomic mass is 10.0. The third kappa shape index (κ3) is 2.25. The summed E-state index contributed by atoms with van der Waals surface area (Å²) in [5.74, 6) is -1.63. The number of nitriles is 1. The van der Waals surface area contributed by atoms with E-state index in [2.05, 4.69) is 0 Å². The standard InChI is InChI=1S/C9H3ClF3NO2/c10-7-2-4(9(11,12)13)1-5(8(15)16)6(7)3-14/h1-2H,(H,15,16). The van der Waals surface area contributed by atoms with Gasteiger partial charge in [0.05, 0.1) is 21.7 Å². The van der Waals surface area contributed by atoms with Crippen molar-refractivity contribution in [3.63, 3.8) is 0 Å². The molecule has 0 radical (unpaired) electrons. The van der Waals surface area contributed by atoms with Crippen LogP contribution in [0.15, 0.2) is 12.1 Å². The van der Waals surface area contributed by atoms with Gasteiger partial charge in [0.2, 0.25) is 0 Å². The minimum absolute atomic E-state index is 0.382. The molecule has 1 rings (SSSR count). The number of hydrogen-bond acceptors (Lipinski definition) is 2. The summed E-state index contributed by atoms with van der Waals surface area (Å²) in [5, 5.41) is 16.7. The molecule has 84 valence electrons. The van der Waals surface area contributed by atoms with Gasteiger partial charge < -0.3 is 5.11 Å². The topological polar surface area (TPSA) is 61.1 Å². The molecule has 7 heteroatoms. The Labute approximate surface area is 92.7 Å². The summed E-state index contributed by atoms with van der Waals surface area (Å²) in [5.41, 5.74) is -2.45. The summed E-state index contributed by atoms with van der Waals surface area (Å²) >= 11 is 5.40. The number of benzene rings is 1. The lowest BCUT2D eigenvalue weighted by Crippen LogP contribution is -2.09. The molecule has 1 aromatic carbocycles. The minimum atomic E-state index is -4.71. The number of nitrogens with zero attached hydrogens (tertiary/aromatic N) is 1. The van der Waals surface area contributed by atoms with Gasteiger partial charge in [-0.1, -0.05) is 11.6 Å². The first kappa shape index (κ1) is 12.3. The molecule has 0 unspecified atom stereocenters. The molecule has 0 saturated carbocycles. The Morgan fingerprint density at radius 1 is 1.44 bits per heavy atom. The smallest absolute Gasteiger partial charge is 0.416 e. The van der Waals surface area contributed by atoms with Crippen molar-refractivity contribution in [1.82, 2.24) is 0 Å². The Kier molecular flexibility index (Phi) is 3.10. The Bertz CT molecular complexity index is 491. The first-order valence-electron chi connectivity index (χ1n) is 3.81. The molecule has 16 heavy (non-hydrogen) atoms. The Morgan fingerprint density at radius 2 is 2.00 bits per heavy atom. The van der Waals surface area contributed by atoms with Crippen LogP contribution >= 0.6 is 11.6 Å². The highest BCUT2D eigenvalue weighted by Gasteiger charge is 2.33. The highest BCUT2D eigenvalue weighted by molar-refractivity contribution is 6.32. The second-order valence-corrected chi connectivity index (χ2v) is 3.20. The van der Waals surface area contributed by atoms with E-state index >= 15 is 0 Å². The summed E-state index contributed by atoms with van der Waals surface area (Å²) in [4.78, 5) is 10.6. The van der Waals surface area contributed by atoms with Gasteiger partial charge in [-0.25, -0.2) is 4.79 Å². The van der Waals surface area contributed by atoms with Crippen molar-refractivity contribution in [2.45, 2.75) is 6.18 Å². The van der Waals surface area contributed by atoms with E-state index in [1.165, 1.54) is 6.07 Å². The van der Waals surface area contributed by atoms with E-state index in [1.807, 2.05) is 0 Å². The molecule has 3 nitrogen and oxygen atoms in total. The van der Waals surface area contributed by atoms with Crippen LogP contribution in [0.3, 0.4) is 0 Å². The third-order valence-electron chi connectivity index (χ3n) is 1.76. The van der Waals surface area contributed by atoms with Gasteiger partial charge in [-0.3, -0.25) is 0 Å².